The topological polar surface area (TPSA) is 67.1 Å². The van der Waals surface area contributed by atoms with Gasteiger partial charge in [-0.25, -0.2) is 4.98 Å². The number of alkyl halides is 3. The Morgan fingerprint density at radius 1 is 1.19 bits per heavy atom. The van der Waals surface area contributed by atoms with Crippen LogP contribution >= 0.6 is 11.6 Å². The van der Waals surface area contributed by atoms with Crippen LogP contribution in [0.15, 0.2) is 30.5 Å². The second-order valence-corrected chi connectivity index (χ2v) is 6.66. The second kappa shape index (κ2) is 7.67. The fourth-order valence-corrected chi connectivity index (χ4v) is 3.04. The van der Waals surface area contributed by atoms with Crippen LogP contribution in [0.2, 0.25) is 5.02 Å². The Balaban J connectivity index is 1.88. The van der Waals surface area contributed by atoms with Gasteiger partial charge in [0, 0.05) is 30.0 Å². The van der Waals surface area contributed by atoms with E-state index >= 15 is 0 Å². The number of piperidine rings is 1. The number of anilines is 3. The van der Waals surface area contributed by atoms with Crippen molar-refractivity contribution in [2.75, 3.05) is 29.9 Å². The zero-order chi connectivity index (χ0) is 18.7. The molecule has 1 saturated heterocycles. The molecule has 0 saturated carbocycles. The second-order valence-electron chi connectivity index (χ2n) is 6.23. The van der Waals surface area contributed by atoms with E-state index in [1.54, 1.807) is 29.2 Å². The summed E-state index contributed by atoms with van der Waals surface area (Å²) >= 11 is 5.84. The molecule has 1 aliphatic heterocycles. The summed E-state index contributed by atoms with van der Waals surface area (Å²) < 4.78 is 40.2. The van der Waals surface area contributed by atoms with Gasteiger partial charge >= 0.3 is 6.18 Å². The Hall–Kier alpha value is -2.06. The fourth-order valence-electron chi connectivity index (χ4n) is 2.92. The normalized spacial score (nSPS) is 16.0. The predicted molar refractivity (Wildman–Crippen MR) is 95.8 cm³/mol. The molecule has 9 heteroatoms. The average Bonchev–Trinajstić information content (AvgIpc) is 2.63. The van der Waals surface area contributed by atoms with Crippen molar-refractivity contribution < 1.29 is 13.2 Å². The molecule has 3 N–H and O–H groups in total. The predicted octanol–water partition coefficient (Wildman–Crippen LogP) is 4.07. The van der Waals surface area contributed by atoms with Crippen molar-refractivity contribution in [2.24, 2.45) is 11.7 Å². The van der Waals surface area contributed by atoms with Crippen LogP contribution in [0.3, 0.4) is 0 Å². The van der Waals surface area contributed by atoms with E-state index < -0.39 is 11.7 Å². The molecule has 26 heavy (non-hydrogen) atoms. The third-order valence-electron chi connectivity index (χ3n) is 4.42. The van der Waals surface area contributed by atoms with Crippen LogP contribution in [0.5, 0.6) is 0 Å². The van der Waals surface area contributed by atoms with E-state index in [-0.39, 0.29) is 11.8 Å². The molecule has 1 aliphatic rings. The minimum Gasteiger partial charge on any atom is -0.356 e. The van der Waals surface area contributed by atoms with Crippen molar-refractivity contribution >= 4 is 29.1 Å². The fraction of sp³-hybridized carbons (Fsp3) is 0.412. The molecule has 0 aliphatic carbocycles. The van der Waals surface area contributed by atoms with Gasteiger partial charge in [0.1, 0.15) is 11.4 Å². The largest absolute Gasteiger partial charge is 0.421 e. The Morgan fingerprint density at radius 2 is 1.85 bits per heavy atom. The molecule has 0 atom stereocenters. The molecule has 0 unspecified atom stereocenters. The van der Waals surface area contributed by atoms with Crippen molar-refractivity contribution in [1.82, 2.24) is 9.97 Å². The van der Waals surface area contributed by atoms with Crippen LogP contribution in [0.25, 0.3) is 0 Å². The van der Waals surface area contributed by atoms with Crippen LogP contribution in [0.4, 0.5) is 30.6 Å². The van der Waals surface area contributed by atoms with E-state index in [0.29, 0.717) is 36.3 Å². The SMILES string of the molecule is NCC1CCN(c2nc(Nc3ccc(Cl)cc3)ncc2C(F)(F)F)CC1. The summed E-state index contributed by atoms with van der Waals surface area (Å²) in [4.78, 5) is 9.63. The molecule has 0 bridgehead atoms. The van der Waals surface area contributed by atoms with Crippen molar-refractivity contribution in [3.05, 3.63) is 41.0 Å². The van der Waals surface area contributed by atoms with Crippen molar-refractivity contribution in [3.8, 4) is 0 Å². The lowest BCUT2D eigenvalue weighted by molar-refractivity contribution is -0.137. The van der Waals surface area contributed by atoms with Crippen molar-refractivity contribution in [1.29, 1.82) is 0 Å². The summed E-state index contributed by atoms with van der Waals surface area (Å²) in [5, 5.41) is 3.48. The van der Waals surface area contributed by atoms with Crippen LogP contribution in [-0.2, 0) is 6.18 Å². The quantitative estimate of drug-likeness (QED) is 0.830. The van der Waals surface area contributed by atoms with Gasteiger partial charge < -0.3 is 16.0 Å². The van der Waals surface area contributed by atoms with E-state index in [1.807, 2.05) is 0 Å². The third kappa shape index (κ3) is 4.37. The van der Waals surface area contributed by atoms with Crippen LogP contribution in [0.1, 0.15) is 18.4 Å². The first-order valence-corrected chi connectivity index (χ1v) is 8.66. The molecule has 1 aromatic heterocycles. The standard InChI is InChI=1S/C17H19ClF3N5/c18-12-1-3-13(4-2-12)24-16-23-10-14(17(19,20)21)15(25-16)26-7-5-11(9-22)6-8-26/h1-4,10-11H,5-9,22H2,(H,23,24,25). The highest BCUT2D eigenvalue weighted by Gasteiger charge is 2.37. The van der Waals surface area contributed by atoms with E-state index in [9.17, 15) is 13.2 Å². The molecule has 1 aromatic carbocycles. The number of rotatable bonds is 4. The number of nitrogens with one attached hydrogen (secondary N) is 1. The molecular weight excluding hydrogens is 367 g/mol. The van der Waals surface area contributed by atoms with Gasteiger partial charge in [-0.1, -0.05) is 11.6 Å². The molecule has 0 radical (unpaired) electrons. The number of nitrogens with zero attached hydrogens (tertiary/aromatic N) is 3. The first kappa shape index (κ1) is 18.7. The molecule has 140 valence electrons. The van der Waals surface area contributed by atoms with Gasteiger partial charge in [-0.2, -0.15) is 18.2 Å². The van der Waals surface area contributed by atoms with Crippen LogP contribution in [0, 0.1) is 5.92 Å². The lowest BCUT2D eigenvalue weighted by Gasteiger charge is -2.33. The molecule has 2 aromatic rings. The first-order valence-electron chi connectivity index (χ1n) is 8.28. The number of hydrogen-bond donors (Lipinski definition) is 2. The van der Waals surface area contributed by atoms with Gasteiger partial charge in [-0.3, -0.25) is 0 Å². The summed E-state index contributed by atoms with van der Waals surface area (Å²) in [6.07, 6.45) is -2.19. The van der Waals surface area contributed by atoms with Crippen LogP contribution in [-0.4, -0.2) is 29.6 Å². The highest BCUT2D eigenvalue weighted by Crippen LogP contribution is 2.37. The zero-order valence-electron chi connectivity index (χ0n) is 13.9. The van der Waals surface area contributed by atoms with Gasteiger partial charge in [0.2, 0.25) is 5.95 Å². The summed E-state index contributed by atoms with van der Waals surface area (Å²) in [7, 11) is 0. The smallest absolute Gasteiger partial charge is 0.356 e. The molecule has 0 amide bonds. The maximum absolute atomic E-state index is 13.4. The summed E-state index contributed by atoms with van der Waals surface area (Å²) in [5.74, 6) is 0.352. The molecule has 0 spiro atoms. The highest BCUT2D eigenvalue weighted by molar-refractivity contribution is 6.30. The molecule has 2 heterocycles. The zero-order valence-corrected chi connectivity index (χ0v) is 14.7. The number of aromatic nitrogens is 2. The van der Waals surface area contributed by atoms with E-state index in [0.717, 1.165) is 19.0 Å². The average molecular weight is 386 g/mol. The van der Waals surface area contributed by atoms with E-state index in [4.69, 9.17) is 17.3 Å². The summed E-state index contributed by atoms with van der Waals surface area (Å²) in [6, 6.07) is 6.75. The maximum atomic E-state index is 13.4. The first-order chi connectivity index (χ1) is 12.4. The number of nitrogens with two attached hydrogens (primary N) is 1. The lowest BCUT2D eigenvalue weighted by Crippen LogP contribution is -2.37. The number of hydrogen-bond acceptors (Lipinski definition) is 5. The van der Waals surface area contributed by atoms with Gasteiger partial charge in [-0.05, 0) is 49.6 Å². The van der Waals surface area contributed by atoms with E-state index in [1.165, 1.54) is 0 Å². The van der Waals surface area contributed by atoms with Crippen LogP contribution < -0.4 is 16.0 Å². The number of halogens is 4. The minimum atomic E-state index is -4.52. The third-order valence-corrected chi connectivity index (χ3v) is 4.67. The Labute approximate surface area is 154 Å². The Kier molecular flexibility index (Phi) is 5.52. The van der Waals surface area contributed by atoms with Crippen molar-refractivity contribution in [3.63, 3.8) is 0 Å². The summed E-state index contributed by atoms with van der Waals surface area (Å²) in [5.41, 5.74) is 5.48. The molecule has 1 fully saturated rings. The van der Waals surface area contributed by atoms with Gasteiger partial charge in [0.25, 0.3) is 0 Å². The monoisotopic (exact) mass is 385 g/mol. The van der Waals surface area contributed by atoms with Gasteiger partial charge in [0.05, 0.1) is 0 Å². The van der Waals surface area contributed by atoms with Crippen molar-refractivity contribution in [2.45, 2.75) is 19.0 Å². The molecule has 3 rings (SSSR count). The lowest BCUT2D eigenvalue weighted by atomic mass is 9.97. The Morgan fingerprint density at radius 3 is 2.42 bits per heavy atom. The summed E-state index contributed by atoms with van der Waals surface area (Å²) in [6.45, 7) is 1.53. The maximum Gasteiger partial charge on any atom is 0.421 e. The number of benzene rings is 1. The Bertz CT molecular complexity index is 743. The minimum absolute atomic E-state index is 0.0977. The highest BCUT2D eigenvalue weighted by atomic mass is 35.5. The van der Waals surface area contributed by atoms with Gasteiger partial charge in [0.15, 0.2) is 0 Å². The molecule has 5 nitrogen and oxygen atoms in total. The van der Waals surface area contributed by atoms with E-state index in [2.05, 4.69) is 15.3 Å². The molecular formula is C17H19ClF3N5. The van der Waals surface area contributed by atoms with Gasteiger partial charge in [-0.15, -0.1) is 0 Å².